The van der Waals surface area contributed by atoms with Gasteiger partial charge >= 0.3 is 0 Å². The highest BCUT2D eigenvalue weighted by molar-refractivity contribution is 5.76. The number of benzene rings is 2. The number of quaternary nitrogens is 1. The fourth-order valence-electron chi connectivity index (χ4n) is 4.54. The van der Waals surface area contributed by atoms with Crippen LogP contribution < -0.4 is 5.32 Å². The van der Waals surface area contributed by atoms with Gasteiger partial charge in [0.1, 0.15) is 11.0 Å². The molecule has 0 spiro atoms. The smallest absolute Gasteiger partial charge is 0.115 e. The molecule has 0 radical (unpaired) electrons. The first kappa shape index (κ1) is 19.3. The number of aromatic amines is 1. The largest absolute Gasteiger partial charge is 0.319 e. The van der Waals surface area contributed by atoms with Crippen molar-refractivity contribution in [3.63, 3.8) is 0 Å². The summed E-state index contributed by atoms with van der Waals surface area (Å²) in [7, 11) is 0. The van der Waals surface area contributed by atoms with E-state index in [1.807, 2.05) is 30.3 Å². The van der Waals surface area contributed by atoms with Gasteiger partial charge in [0.05, 0.1) is 37.6 Å². The Morgan fingerprint density at radius 2 is 1.63 bits per heavy atom. The van der Waals surface area contributed by atoms with Crippen molar-refractivity contribution >= 4 is 22.4 Å². The van der Waals surface area contributed by atoms with Gasteiger partial charge in [-0.3, -0.25) is 4.90 Å². The normalized spacial score (nSPS) is 24.6. The van der Waals surface area contributed by atoms with Gasteiger partial charge in [-0.15, -0.1) is 0 Å². The number of hydrogen-bond donors (Lipinski definition) is 2. The van der Waals surface area contributed by atoms with Crippen LogP contribution in [0.5, 0.6) is 0 Å². The number of rotatable bonds is 7. The predicted octanol–water partition coefficient (Wildman–Crippen LogP) is 3.17. The molecule has 0 aliphatic carbocycles. The molecule has 1 atom stereocenters. The predicted molar refractivity (Wildman–Crippen MR) is 117 cm³/mol. The monoisotopic (exact) mass is 405 g/mol. The van der Waals surface area contributed by atoms with Crippen LogP contribution in [-0.4, -0.2) is 77.2 Å². The molecule has 3 aliphatic rings. The molecule has 1 unspecified atom stereocenters. The number of piperazine rings is 3. The van der Waals surface area contributed by atoms with E-state index in [1.165, 1.54) is 55.9 Å². The minimum absolute atomic E-state index is 0.329. The Morgan fingerprint density at radius 3 is 2.40 bits per heavy atom. The van der Waals surface area contributed by atoms with Crippen LogP contribution in [0.2, 0.25) is 0 Å². The molecule has 2 N–H and O–H groups in total. The molecule has 8 nitrogen and oxygen atoms in total. The summed E-state index contributed by atoms with van der Waals surface area (Å²) >= 11 is 0. The average molecular weight is 406 g/mol. The molecule has 30 heavy (non-hydrogen) atoms. The van der Waals surface area contributed by atoms with Crippen LogP contribution in [0.15, 0.2) is 52.7 Å². The average Bonchev–Trinajstić information content (AvgIpc) is 3.27. The quantitative estimate of drug-likeness (QED) is 0.467. The van der Waals surface area contributed by atoms with Gasteiger partial charge in [0.25, 0.3) is 0 Å². The van der Waals surface area contributed by atoms with Gasteiger partial charge in [-0.05, 0) is 42.8 Å². The number of aromatic nitrogens is 3. The number of fused-ring (bicyclic) bond motifs is 4. The molecule has 4 heterocycles. The van der Waals surface area contributed by atoms with Gasteiger partial charge in [0, 0.05) is 32.2 Å². The Labute approximate surface area is 176 Å². The van der Waals surface area contributed by atoms with Crippen LogP contribution in [0, 0.1) is 0 Å². The number of nitrogens with one attached hydrogen (secondary N) is 2. The maximum Gasteiger partial charge on any atom is 0.115 e. The van der Waals surface area contributed by atoms with Crippen LogP contribution in [-0.2, 0) is 0 Å². The van der Waals surface area contributed by atoms with E-state index in [4.69, 9.17) is 0 Å². The summed E-state index contributed by atoms with van der Waals surface area (Å²) in [6.45, 7) is 12.3. The van der Waals surface area contributed by atoms with E-state index < -0.39 is 0 Å². The second kappa shape index (κ2) is 8.22. The Morgan fingerprint density at radius 1 is 0.967 bits per heavy atom. The highest BCUT2D eigenvalue weighted by Crippen LogP contribution is 2.23. The summed E-state index contributed by atoms with van der Waals surface area (Å²) in [4.78, 5) is 2.60. The van der Waals surface area contributed by atoms with E-state index in [1.54, 1.807) is 0 Å². The van der Waals surface area contributed by atoms with E-state index in [-0.39, 0.29) is 0 Å². The lowest BCUT2D eigenvalue weighted by Gasteiger charge is -2.50. The van der Waals surface area contributed by atoms with Crippen LogP contribution in [0.3, 0.4) is 0 Å². The van der Waals surface area contributed by atoms with E-state index in [9.17, 15) is 0 Å². The first-order valence-corrected chi connectivity index (χ1v) is 10.8. The van der Waals surface area contributed by atoms with Crippen LogP contribution >= 0.6 is 0 Å². The van der Waals surface area contributed by atoms with Crippen molar-refractivity contribution in [3.05, 3.63) is 48.0 Å². The van der Waals surface area contributed by atoms with Crippen LogP contribution in [0.25, 0.3) is 11.0 Å². The highest BCUT2D eigenvalue weighted by Gasteiger charge is 2.37. The zero-order chi connectivity index (χ0) is 20.4. The molecule has 2 bridgehead atoms. The van der Waals surface area contributed by atoms with E-state index in [2.05, 4.69) is 54.9 Å². The molecule has 6 rings (SSSR count). The molecule has 2 aromatic carbocycles. The van der Waals surface area contributed by atoms with Gasteiger partial charge in [-0.25, -0.2) is 0 Å². The Balaban J connectivity index is 1.15. The SMILES string of the molecule is CC(NCC[N+]12CCN(CC1)CC2)c1ccc(N=Nc2ccc3n[nH]nc3c2)cc1. The third-order valence-corrected chi connectivity index (χ3v) is 6.68. The van der Waals surface area contributed by atoms with Crippen molar-refractivity contribution < 1.29 is 4.48 Å². The van der Waals surface area contributed by atoms with Gasteiger partial charge in [-0.2, -0.15) is 25.6 Å². The first-order valence-electron chi connectivity index (χ1n) is 10.8. The van der Waals surface area contributed by atoms with E-state index >= 15 is 0 Å². The molecule has 156 valence electrons. The van der Waals surface area contributed by atoms with Gasteiger partial charge in [0.15, 0.2) is 0 Å². The minimum atomic E-state index is 0.329. The van der Waals surface area contributed by atoms with Gasteiger partial charge < -0.3 is 9.80 Å². The zero-order valence-corrected chi connectivity index (χ0v) is 17.5. The summed E-state index contributed by atoms with van der Waals surface area (Å²) in [5.41, 5.74) is 4.50. The lowest BCUT2D eigenvalue weighted by molar-refractivity contribution is -0.939. The van der Waals surface area contributed by atoms with Gasteiger partial charge in [-0.1, -0.05) is 12.1 Å². The summed E-state index contributed by atoms with van der Waals surface area (Å²) in [5, 5.41) is 23.1. The molecule has 3 aliphatic heterocycles. The standard InChI is InChI=1S/C22H29N8/c1-17(23-8-12-30-13-9-29(10-14-30)11-15-30)18-2-4-19(5-3-18)24-25-20-6-7-21-22(16-20)27-28-26-21/h2-7,16-17,23H,8-15H2,1H3,(H,26,27,28)/q+1. The Hall–Kier alpha value is -2.68. The molecule has 8 heteroatoms. The number of H-pyrrole nitrogens is 1. The number of hydrogen-bond acceptors (Lipinski definition) is 6. The highest BCUT2D eigenvalue weighted by atomic mass is 15.5. The van der Waals surface area contributed by atoms with Crippen LogP contribution in [0.1, 0.15) is 18.5 Å². The van der Waals surface area contributed by atoms with Gasteiger partial charge in [0.2, 0.25) is 0 Å². The molecule has 3 saturated heterocycles. The summed E-state index contributed by atoms with van der Waals surface area (Å²) in [6.07, 6.45) is 0. The van der Waals surface area contributed by atoms with E-state index in [0.717, 1.165) is 29.0 Å². The number of azo groups is 1. The molecule has 1 aromatic heterocycles. The van der Waals surface area contributed by atoms with Crippen molar-refractivity contribution in [1.82, 2.24) is 25.6 Å². The Kier molecular flexibility index (Phi) is 5.28. The minimum Gasteiger partial charge on any atom is -0.319 e. The molecule has 3 aromatic rings. The van der Waals surface area contributed by atoms with Crippen LogP contribution in [0.4, 0.5) is 11.4 Å². The topological polar surface area (TPSA) is 81.6 Å². The molecule has 0 amide bonds. The summed E-state index contributed by atoms with van der Waals surface area (Å²) in [6, 6.07) is 14.3. The second-order valence-corrected chi connectivity index (χ2v) is 8.54. The third kappa shape index (κ3) is 4.12. The van der Waals surface area contributed by atoms with Crippen molar-refractivity contribution in [3.8, 4) is 0 Å². The molecular weight excluding hydrogens is 376 g/mol. The Bertz CT molecular complexity index is 1000. The van der Waals surface area contributed by atoms with Crippen molar-refractivity contribution in [2.75, 3.05) is 52.4 Å². The van der Waals surface area contributed by atoms with E-state index in [0.29, 0.717) is 6.04 Å². The summed E-state index contributed by atoms with van der Waals surface area (Å²) in [5.74, 6) is 0. The maximum absolute atomic E-state index is 4.36. The maximum atomic E-state index is 4.36. The van der Waals surface area contributed by atoms with Crippen molar-refractivity contribution in [1.29, 1.82) is 0 Å². The molecular formula is C22H29N8+. The van der Waals surface area contributed by atoms with Crippen molar-refractivity contribution in [2.24, 2.45) is 10.2 Å². The van der Waals surface area contributed by atoms with Crippen molar-refractivity contribution in [2.45, 2.75) is 13.0 Å². The fourth-order valence-corrected chi connectivity index (χ4v) is 4.54. The zero-order valence-electron chi connectivity index (χ0n) is 17.5. The third-order valence-electron chi connectivity index (χ3n) is 6.68. The molecule has 3 fully saturated rings. The number of nitrogens with zero attached hydrogens (tertiary/aromatic N) is 6. The lowest BCUT2D eigenvalue weighted by atomic mass is 10.1. The first-order chi connectivity index (χ1) is 14.7. The molecule has 0 saturated carbocycles. The fraction of sp³-hybridized carbons (Fsp3) is 0.455. The lowest BCUT2D eigenvalue weighted by Crippen LogP contribution is -2.68. The summed E-state index contributed by atoms with van der Waals surface area (Å²) < 4.78 is 1.30. The second-order valence-electron chi connectivity index (χ2n) is 8.54.